The van der Waals surface area contributed by atoms with Gasteiger partial charge in [0.2, 0.25) is 5.95 Å². The van der Waals surface area contributed by atoms with E-state index in [0.717, 1.165) is 29.0 Å². The largest absolute Gasteiger partial charge is 0.496 e. The van der Waals surface area contributed by atoms with Gasteiger partial charge in [-0.2, -0.15) is 13.2 Å². The number of pyridine rings is 1. The van der Waals surface area contributed by atoms with Gasteiger partial charge in [0.25, 0.3) is 0 Å². The van der Waals surface area contributed by atoms with Gasteiger partial charge < -0.3 is 19.5 Å². The van der Waals surface area contributed by atoms with Crippen LogP contribution in [0, 0.1) is 6.92 Å². The number of alkyl halides is 3. The highest BCUT2D eigenvalue weighted by Gasteiger charge is 2.41. The average molecular weight is 622 g/mol. The highest BCUT2D eigenvalue weighted by atomic mass is 19.4. The molecule has 2 aromatic heterocycles. The third-order valence-corrected chi connectivity index (χ3v) is 7.66. The fourth-order valence-corrected chi connectivity index (χ4v) is 5.26. The first-order valence-electron chi connectivity index (χ1n) is 13.8. The third kappa shape index (κ3) is 6.24. The Hall–Kier alpha value is -5.20. The van der Waals surface area contributed by atoms with E-state index >= 15 is 0 Å². The number of carbonyl (C=O) groups is 2. The summed E-state index contributed by atoms with van der Waals surface area (Å²) in [6.45, 7) is 3.47. The summed E-state index contributed by atoms with van der Waals surface area (Å²) in [4.78, 5) is 40.7. The monoisotopic (exact) mass is 621 g/mol. The molecule has 0 spiro atoms. The van der Waals surface area contributed by atoms with E-state index in [2.05, 4.69) is 9.97 Å². The smallest absolute Gasteiger partial charge is 0.417 e. The lowest BCUT2D eigenvalue weighted by molar-refractivity contribution is -0.137. The van der Waals surface area contributed by atoms with Gasteiger partial charge >= 0.3 is 18.2 Å². The number of aromatic nitrogens is 3. The van der Waals surface area contributed by atoms with Gasteiger partial charge in [0.1, 0.15) is 5.75 Å². The van der Waals surface area contributed by atoms with Gasteiger partial charge in [-0.1, -0.05) is 12.1 Å². The van der Waals surface area contributed by atoms with Crippen molar-refractivity contribution in [3.8, 4) is 28.0 Å². The van der Waals surface area contributed by atoms with Crippen molar-refractivity contribution >= 4 is 18.0 Å². The summed E-state index contributed by atoms with van der Waals surface area (Å²) >= 11 is 0. The van der Waals surface area contributed by atoms with Gasteiger partial charge in [-0.25, -0.2) is 19.6 Å². The summed E-state index contributed by atoms with van der Waals surface area (Å²) < 4.78 is 51.3. The lowest BCUT2D eigenvalue weighted by Gasteiger charge is -2.23. The van der Waals surface area contributed by atoms with Crippen LogP contribution in [-0.4, -0.2) is 64.3 Å². The maximum absolute atomic E-state index is 13.4. The maximum Gasteiger partial charge on any atom is 0.417 e. The van der Waals surface area contributed by atoms with Crippen LogP contribution in [-0.2, 0) is 17.5 Å². The molecule has 234 valence electrons. The number of nitrogens with zero attached hydrogens (tertiary/aromatic N) is 5. The molecule has 1 aliphatic rings. The van der Waals surface area contributed by atoms with Gasteiger partial charge in [0.15, 0.2) is 6.10 Å². The van der Waals surface area contributed by atoms with E-state index in [1.807, 2.05) is 19.1 Å². The summed E-state index contributed by atoms with van der Waals surface area (Å²) in [5, 5.41) is 9.38. The van der Waals surface area contributed by atoms with E-state index < -0.39 is 35.9 Å². The lowest BCUT2D eigenvalue weighted by atomic mass is 9.94. The number of halogens is 3. The Morgan fingerprint density at radius 2 is 1.82 bits per heavy atom. The molecule has 45 heavy (non-hydrogen) atoms. The number of hydrogen-bond donors (Lipinski definition) is 1. The number of aryl methyl sites for hydroxylation is 1. The first-order chi connectivity index (χ1) is 21.3. The van der Waals surface area contributed by atoms with Crippen LogP contribution in [0.15, 0.2) is 61.1 Å². The Morgan fingerprint density at radius 1 is 1.07 bits per heavy atom. The molecule has 1 saturated heterocycles. The van der Waals surface area contributed by atoms with Crippen LogP contribution in [0.3, 0.4) is 0 Å². The summed E-state index contributed by atoms with van der Waals surface area (Å²) in [6, 6.07) is 10.7. The van der Waals surface area contributed by atoms with Crippen LogP contribution in [0.25, 0.3) is 22.3 Å². The number of methoxy groups -OCH3 is 1. The van der Waals surface area contributed by atoms with E-state index in [1.54, 1.807) is 50.3 Å². The number of amides is 1. The number of carbonyl (C=O) groups excluding carboxylic acids is 1. The summed E-state index contributed by atoms with van der Waals surface area (Å²) in [5.74, 6) is -0.141. The van der Waals surface area contributed by atoms with Crippen molar-refractivity contribution in [3.63, 3.8) is 0 Å². The molecule has 4 aromatic rings. The van der Waals surface area contributed by atoms with E-state index in [0.29, 0.717) is 28.5 Å². The highest BCUT2D eigenvalue weighted by Crippen LogP contribution is 2.40. The molecular weight excluding hydrogens is 591 g/mol. The number of aromatic carboxylic acids is 1. The molecule has 10 nitrogen and oxygen atoms in total. The Labute approximate surface area is 257 Å². The van der Waals surface area contributed by atoms with Crippen molar-refractivity contribution < 1.29 is 37.3 Å². The number of benzene rings is 2. The molecule has 0 radical (unpaired) electrons. The van der Waals surface area contributed by atoms with Crippen molar-refractivity contribution in [2.24, 2.45) is 0 Å². The number of hydrogen-bond acceptors (Lipinski definition) is 8. The van der Waals surface area contributed by atoms with Gasteiger partial charge in [-0.05, 0) is 60.9 Å². The van der Waals surface area contributed by atoms with Crippen LogP contribution in [0.1, 0.15) is 45.8 Å². The zero-order chi connectivity index (χ0) is 32.6. The zero-order valence-corrected chi connectivity index (χ0v) is 25.1. The first kappa shape index (κ1) is 31.2. The van der Waals surface area contributed by atoms with Gasteiger partial charge in [0, 0.05) is 49.4 Å². The van der Waals surface area contributed by atoms with Crippen LogP contribution in [0.5, 0.6) is 5.75 Å². The topological polar surface area (TPSA) is 118 Å². The quantitative estimate of drug-likeness (QED) is 0.239. The molecule has 5 rings (SSSR count). The predicted octanol–water partition coefficient (Wildman–Crippen LogP) is 6.39. The SMILES string of the molecule is COc1ccc(-c2ccc(C(=O)O)cc2C)cc1-c1cnc(N(C)C)nc1CN1C(=O)O[C@H](c2cncc(C(F)(F)F)c2)[C@@H]1C. The van der Waals surface area contributed by atoms with Crippen LogP contribution < -0.4 is 9.64 Å². The zero-order valence-electron chi connectivity index (χ0n) is 25.1. The highest BCUT2D eigenvalue weighted by molar-refractivity contribution is 5.89. The first-order valence-corrected chi connectivity index (χ1v) is 13.8. The van der Waals surface area contributed by atoms with Crippen molar-refractivity contribution in [2.45, 2.75) is 38.7 Å². The minimum atomic E-state index is -4.60. The van der Waals surface area contributed by atoms with Gasteiger partial charge in [-0.15, -0.1) is 0 Å². The molecule has 0 bridgehead atoms. The normalized spacial score (nSPS) is 16.4. The molecule has 0 saturated carbocycles. The van der Waals surface area contributed by atoms with Crippen molar-refractivity contribution in [1.82, 2.24) is 19.9 Å². The molecule has 2 atom stereocenters. The molecule has 13 heteroatoms. The molecule has 1 aliphatic heterocycles. The number of anilines is 1. The number of ether oxygens (including phenoxy) is 2. The molecule has 1 N–H and O–H groups in total. The van der Waals surface area contributed by atoms with E-state index in [9.17, 15) is 27.9 Å². The fourth-order valence-electron chi connectivity index (χ4n) is 5.26. The van der Waals surface area contributed by atoms with Crippen LogP contribution >= 0.6 is 0 Å². The van der Waals surface area contributed by atoms with Crippen molar-refractivity contribution in [1.29, 1.82) is 0 Å². The fraction of sp³-hybridized carbons (Fsp3) is 0.281. The van der Waals surface area contributed by atoms with Crippen molar-refractivity contribution in [3.05, 3.63) is 89.0 Å². The summed E-state index contributed by atoms with van der Waals surface area (Å²) in [7, 11) is 5.06. The van der Waals surface area contributed by atoms with Crippen LogP contribution in [0.2, 0.25) is 0 Å². The number of rotatable bonds is 8. The second kappa shape index (κ2) is 12.1. The number of carboxylic acids is 1. The minimum absolute atomic E-state index is 0.0404. The van der Waals surface area contributed by atoms with Crippen molar-refractivity contribution in [2.75, 3.05) is 26.1 Å². The molecule has 1 fully saturated rings. The summed E-state index contributed by atoms with van der Waals surface area (Å²) in [6.07, 6.45) is -2.69. The molecule has 3 heterocycles. The van der Waals surface area contributed by atoms with E-state index in [4.69, 9.17) is 14.5 Å². The Balaban J connectivity index is 1.55. The summed E-state index contributed by atoms with van der Waals surface area (Å²) in [5.41, 5.74) is 3.35. The molecule has 1 amide bonds. The van der Waals surface area contributed by atoms with E-state index in [-0.39, 0.29) is 17.7 Å². The standard InChI is InChI=1S/C32H30F3N5O5/c1-17-10-20(29(41)42)6-8-23(17)19-7-9-27(44-5)24(12-19)25-15-37-30(39(3)4)38-26(25)16-40-18(2)28(45-31(40)43)21-11-22(14-36-13-21)32(33,34)35/h6-15,18,28H,16H2,1-5H3,(H,41,42)/t18-,28-/m0/s1. The molecule has 0 unspecified atom stereocenters. The Kier molecular flexibility index (Phi) is 8.37. The average Bonchev–Trinajstić information content (AvgIpc) is 3.28. The predicted molar refractivity (Wildman–Crippen MR) is 159 cm³/mol. The van der Waals surface area contributed by atoms with Gasteiger partial charge in [-0.3, -0.25) is 9.88 Å². The van der Waals surface area contributed by atoms with E-state index in [1.165, 1.54) is 24.3 Å². The second-order valence-electron chi connectivity index (χ2n) is 10.9. The molecular formula is C32H30F3N5O5. The Morgan fingerprint density at radius 3 is 2.47 bits per heavy atom. The third-order valence-electron chi connectivity index (χ3n) is 7.66. The second-order valence-corrected chi connectivity index (χ2v) is 10.9. The number of cyclic esters (lactones) is 1. The minimum Gasteiger partial charge on any atom is -0.496 e. The lowest BCUT2D eigenvalue weighted by Crippen LogP contribution is -2.32. The van der Waals surface area contributed by atoms with Crippen LogP contribution in [0.4, 0.5) is 23.9 Å². The molecule has 2 aromatic carbocycles. The Bertz CT molecular complexity index is 1780. The molecule has 0 aliphatic carbocycles. The maximum atomic E-state index is 13.4. The number of carboxylic acid groups (broad SMARTS) is 1. The van der Waals surface area contributed by atoms with Gasteiger partial charge in [0.05, 0.1) is 36.5 Å².